The second kappa shape index (κ2) is 5.95. The molecule has 5 rings (SSSR count). The smallest absolute Gasteiger partial charge is 0.337 e. The van der Waals surface area contributed by atoms with Gasteiger partial charge in [-0.15, -0.1) is 0 Å². The largest absolute Gasteiger partial charge is 0.465 e. The molecule has 0 fully saturated rings. The van der Waals surface area contributed by atoms with Crippen molar-refractivity contribution in [3.8, 4) is 11.5 Å². The predicted molar refractivity (Wildman–Crippen MR) is 106 cm³/mol. The summed E-state index contributed by atoms with van der Waals surface area (Å²) in [7, 11) is 1.36. The molecule has 0 amide bonds. The molecule has 1 heterocycles. The van der Waals surface area contributed by atoms with Gasteiger partial charge in [0, 0.05) is 5.56 Å². The predicted octanol–water partition coefficient (Wildman–Crippen LogP) is 5.59. The van der Waals surface area contributed by atoms with Crippen LogP contribution in [0.25, 0.3) is 44.1 Å². The highest BCUT2D eigenvalue weighted by atomic mass is 16.5. The van der Waals surface area contributed by atoms with Gasteiger partial charge in [-0.05, 0) is 57.9 Å². The number of hydrogen-bond donors (Lipinski definition) is 0. The Kier molecular flexibility index (Phi) is 3.44. The van der Waals surface area contributed by atoms with E-state index >= 15 is 0 Å². The molecule has 4 heteroatoms. The normalized spacial score (nSPS) is 11.3. The van der Waals surface area contributed by atoms with Crippen LogP contribution in [-0.4, -0.2) is 18.1 Å². The number of rotatable bonds is 2. The third-order valence-corrected chi connectivity index (χ3v) is 4.79. The molecule has 0 spiro atoms. The molecule has 0 saturated heterocycles. The van der Waals surface area contributed by atoms with Crippen molar-refractivity contribution in [3.05, 3.63) is 78.4 Å². The minimum atomic E-state index is -0.391. The fourth-order valence-corrected chi connectivity index (χ4v) is 3.44. The van der Waals surface area contributed by atoms with E-state index in [0.717, 1.165) is 16.3 Å². The molecule has 0 radical (unpaired) electrons. The third kappa shape index (κ3) is 2.54. The molecule has 0 aliphatic heterocycles. The average Bonchev–Trinajstić information content (AvgIpc) is 3.14. The van der Waals surface area contributed by atoms with Crippen molar-refractivity contribution in [3.63, 3.8) is 0 Å². The number of carbonyl (C=O) groups excluding carboxylic acids is 1. The van der Waals surface area contributed by atoms with Gasteiger partial charge in [0.25, 0.3) is 0 Å². The second-order valence-electron chi connectivity index (χ2n) is 6.42. The number of benzene rings is 4. The summed E-state index contributed by atoms with van der Waals surface area (Å²) in [6, 6.07) is 23.8. The van der Waals surface area contributed by atoms with Crippen LogP contribution in [0.5, 0.6) is 0 Å². The first-order valence-electron chi connectivity index (χ1n) is 8.64. The van der Waals surface area contributed by atoms with Gasteiger partial charge in [0.05, 0.1) is 12.7 Å². The van der Waals surface area contributed by atoms with Crippen molar-refractivity contribution in [1.82, 2.24) is 4.98 Å². The topological polar surface area (TPSA) is 52.3 Å². The number of aromatic nitrogens is 1. The van der Waals surface area contributed by atoms with Crippen LogP contribution in [0, 0.1) is 0 Å². The lowest BCUT2D eigenvalue weighted by molar-refractivity contribution is 0.0601. The summed E-state index contributed by atoms with van der Waals surface area (Å²) in [6.07, 6.45) is 0. The Bertz CT molecular complexity index is 1330. The number of esters is 1. The SMILES string of the molecule is COC(=O)c1ccc2oc(-c3cccc4cc5ccccc5cc34)nc2c1. The van der Waals surface area contributed by atoms with Crippen molar-refractivity contribution >= 4 is 38.6 Å². The minimum Gasteiger partial charge on any atom is -0.465 e. The van der Waals surface area contributed by atoms with Crippen LogP contribution in [-0.2, 0) is 4.74 Å². The lowest BCUT2D eigenvalue weighted by atomic mass is 10.00. The van der Waals surface area contributed by atoms with Gasteiger partial charge in [0.1, 0.15) is 5.52 Å². The molecule has 27 heavy (non-hydrogen) atoms. The Morgan fingerprint density at radius 1 is 0.889 bits per heavy atom. The quantitative estimate of drug-likeness (QED) is 0.307. The summed E-state index contributed by atoms with van der Waals surface area (Å²) in [5.74, 6) is 0.144. The highest BCUT2D eigenvalue weighted by Crippen LogP contribution is 2.33. The Labute approximate surface area is 155 Å². The molecule has 0 N–H and O–H groups in total. The Morgan fingerprint density at radius 3 is 2.48 bits per heavy atom. The molecule has 0 bridgehead atoms. The summed E-state index contributed by atoms with van der Waals surface area (Å²) < 4.78 is 10.8. The van der Waals surface area contributed by atoms with Crippen molar-refractivity contribution in [1.29, 1.82) is 0 Å². The first-order valence-corrected chi connectivity index (χ1v) is 8.64. The zero-order valence-corrected chi connectivity index (χ0v) is 14.6. The summed E-state index contributed by atoms with van der Waals surface area (Å²) in [5.41, 5.74) is 2.64. The highest BCUT2D eigenvalue weighted by Gasteiger charge is 2.14. The fraction of sp³-hybridized carbons (Fsp3) is 0.0435. The number of oxazole rings is 1. The molecule has 1 aromatic heterocycles. The lowest BCUT2D eigenvalue weighted by Crippen LogP contribution is -2.00. The van der Waals surface area contributed by atoms with Gasteiger partial charge in [-0.25, -0.2) is 9.78 Å². The first kappa shape index (κ1) is 15.6. The summed E-state index contributed by atoms with van der Waals surface area (Å²) in [4.78, 5) is 16.4. The first-order chi connectivity index (χ1) is 13.2. The molecule has 4 aromatic carbocycles. The Hall–Kier alpha value is -3.66. The van der Waals surface area contributed by atoms with E-state index in [2.05, 4.69) is 35.3 Å². The van der Waals surface area contributed by atoms with Crippen molar-refractivity contribution in [2.24, 2.45) is 0 Å². The maximum atomic E-state index is 11.8. The number of ether oxygens (including phenoxy) is 1. The number of fused-ring (bicyclic) bond motifs is 3. The van der Waals surface area contributed by atoms with Gasteiger partial charge in [0.2, 0.25) is 5.89 Å². The van der Waals surface area contributed by atoms with Gasteiger partial charge in [-0.2, -0.15) is 0 Å². The summed E-state index contributed by atoms with van der Waals surface area (Å²) in [5, 5.41) is 4.57. The monoisotopic (exact) mass is 353 g/mol. The van der Waals surface area contributed by atoms with E-state index in [4.69, 9.17) is 9.15 Å². The molecule has 0 aliphatic rings. The number of methoxy groups -OCH3 is 1. The van der Waals surface area contributed by atoms with E-state index in [0.29, 0.717) is 22.6 Å². The molecular formula is C23H15NO3. The van der Waals surface area contributed by atoms with Crippen LogP contribution in [0.3, 0.4) is 0 Å². The van der Waals surface area contributed by atoms with Crippen LogP contribution >= 0.6 is 0 Å². The average molecular weight is 353 g/mol. The van der Waals surface area contributed by atoms with Gasteiger partial charge in [0.15, 0.2) is 5.58 Å². The standard InChI is InChI=1S/C23H15NO3/c1-26-23(25)17-9-10-21-20(13-17)24-22(27-21)18-8-4-7-16-11-14-5-2-3-6-15(14)12-19(16)18/h2-13H,1H3. The second-order valence-corrected chi connectivity index (χ2v) is 6.42. The molecule has 130 valence electrons. The van der Waals surface area contributed by atoms with Crippen LogP contribution < -0.4 is 0 Å². The maximum Gasteiger partial charge on any atom is 0.337 e. The molecule has 0 saturated carbocycles. The fourth-order valence-electron chi connectivity index (χ4n) is 3.44. The number of hydrogen-bond acceptors (Lipinski definition) is 4. The molecule has 0 aliphatic carbocycles. The minimum absolute atomic E-state index is 0.391. The van der Waals surface area contributed by atoms with Gasteiger partial charge >= 0.3 is 5.97 Å². The summed E-state index contributed by atoms with van der Waals surface area (Å²) >= 11 is 0. The number of carbonyl (C=O) groups is 1. The van der Waals surface area contributed by atoms with Crippen LogP contribution in [0.15, 0.2) is 77.2 Å². The zero-order valence-electron chi connectivity index (χ0n) is 14.6. The van der Waals surface area contributed by atoms with E-state index < -0.39 is 5.97 Å². The molecule has 4 nitrogen and oxygen atoms in total. The van der Waals surface area contributed by atoms with E-state index in [9.17, 15) is 4.79 Å². The van der Waals surface area contributed by atoms with E-state index in [1.807, 2.05) is 24.3 Å². The van der Waals surface area contributed by atoms with Crippen molar-refractivity contribution in [2.45, 2.75) is 0 Å². The molecule has 0 atom stereocenters. The van der Waals surface area contributed by atoms with Gasteiger partial charge < -0.3 is 9.15 Å². The third-order valence-electron chi connectivity index (χ3n) is 4.79. The Balaban J connectivity index is 1.72. The number of nitrogens with zero attached hydrogens (tertiary/aromatic N) is 1. The van der Waals surface area contributed by atoms with E-state index in [1.165, 1.54) is 17.9 Å². The molecule has 5 aromatic rings. The van der Waals surface area contributed by atoms with Crippen molar-refractivity contribution < 1.29 is 13.9 Å². The highest BCUT2D eigenvalue weighted by molar-refractivity contribution is 6.04. The lowest BCUT2D eigenvalue weighted by Gasteiger charge is -2.05. The molecular weight excluding hydrogens is 338 g/mol. The van der Waals surface area contributed by atoms with Crippen LogP contribution in [0.4, 0.5) is 0 Å². The van der Waals surface area contributed by atoms with E-state index in [1.54, 1.807) is 18.2 Å². The summed E-state index contributed by atoms with van der Waals surface area (Å²) in [6.45, 7) is 0. The van der Waals surface area contributed by atoms with Crippen molar-refractivity contribution in [2.75, 3.05) is 7.11 Å². The van der Waals surface area contributed by atoms with E-state index in [-0.39, 0.29) is 0 Å². The van der Waals surface area contributed by atoms with Crippen LogP contribution in [0.2, 0.25) is 0 Å². The Morgan fingerprint density at radius 2 is 1.67 bits per heavy atom. The molecule has 0 unspecified atom stereocenters. The van der Waals surface area contributed by atoms with Gasteiger partial charge in [-0.1, -0.05) is 36.4 Å². The maximum absolute atomic E-state index is 11.8. The van der Waals surface area contributed by atoms with Crippen LogP contribution in [0.1, 0.15) is 10.4 Å². The van der Waals surface area contributed by atoms with Gasteiger partial charge in [-0.3, -0.25) is 0 Å². The zero-order chi connectivity index (χ0) is 18.4.